The van der Waals surface area contributed by atoms with Gasteiger partial charge >= 0.3 is 0 Å². The second-order valence-electron chi connectivity index (χ2n) is 12.9. The molecule has 10 rings (SSSR count). The first-order valence-corrected chi connectivity index (χ1v) is 17.9. The summed E-state index contributed by atoms with van der Waals surface area (Å²) in [5.74, 6) is 0.308. The molecule has 0 fully saturated rings. The van der Waals surface area contributed by atoms with E-state index in [9.17, 15) is 0 Å². The second-order valence-corrected chi connectivity index (χ2v) is 12.9. The third-order valence-corrected chi connectivity index (χ3v) is 9.52. The smallest absolute Gasteiger partial charge is 0.164 e. The molecule has 56 heavy (non-hydrogen) atoms. The first kappa shape index (κ1) is 23.9. The summed E-state index contributed by atoms with van der Waals surface area (Å²) in [6.45, 7) is 0. The molecule has 5 heteroatoms. The van der Waals surface area contributed by atoms with Crippen LogP contribution in [0, 0.1) is 0 Å². The topological polar surface area (TPSA) is 55.1 Å². The quantitative estimate of drug-likeness (QED) is 0.156. The average Bonchev–Trinajstić information content (AvgIpc) is 3.75. The highest BCUT2D eigenvalue weighted by molar-refractivity contribution is 6.16. The lowest BCUT2D eigenvalue weighted by Crippen LogP contribution is -2.10. The summed E-state index contributed by atoms with van der Waals surface area (Å²) in [4.78, 5) is 16.5. The van der Waals surface area contributed by atoms with E-state index in [1.807, 2.05) is 138 Å². The van der Waals surface area contributed by atoms with Crippen molar-refractivity contribution in [3.05, 3.63) is 206 Å². The van der Waals surface area contributed by atoms with Crippen LogP contribution in [0.3, 0.4) is 0 Å². The van der Waals surface area contributed by atoms with Gasteiger partial charge in [-0.15, -0.1) is 0 Å². The predicted octanol–water partition coefficient (Wildman–Crippen LogP) is 13.6. The van der Waals surface area contributed by atoms with Gasteiger partial charge < -0.3 is 9.32 Å². The number of benzene rings is 8. The first-order chi connectivity index (χ1) is 31.9. The second kappa shape index (κ2) is 14.3. The molecule has 0 aliphatic rings. The fraction of sp³-hybridized carbons (Fsp3) is 0. The van der Waals surface area contributed by atoms with Crippen molar-refractivity contribution < 1.29 is 18.1 Å². The molecule has 0 amide bonds. The van der Waals surface area contributed by atoms with E-state index in [0.717, 1.165) is 22.2 Å². The highest BCUT2D eigenvalue weighted by Crippen LogP contribution is 2.46. The van der Waals surface area contributed by atoms with Crippen molar-refractivity contribution >= 4 is 39.0 Å². The van der Waals surface area contributed by atoms with Crippen molar-refractivity contribution in [2.45, 2.75) is 0 Å². The van der Waals surface area contributed by atoms with E-state index in [1.165, 1.54) is 0 Å². The zero-order chi connectivity index (χ0) is 46.0. The van der Waals surface area contributed by atoms with Crippen LogP contribution in [0.25, 0.3) is 78.4 Å². The van der Waals surface area contributed by atoms with Crippen LogP contribution >= 0.6 is 0 Å². The average molecular weight is 729 g/mol. The Hall–Kier alpha value is -7.63. The minimum absolute atomic E-state index is 0.0885. The van der Waals surface area contributed by atoms with E-state index < -0.39 is 48.3 Å². The molecule has 2 aromatic heterocycles. The van der Waals surface area contributed by atoms with Gasteiger partial charge in [0.1, 0.15) is 5.58 Å². The maximum atomic E-state index is 8.81. The molecule has 0 bridgehead atoms. The van der Waals surface area contributed by atoms with Crippen molar-refractivity contribution in [1.29, 1.82) is 0 Å². The van der Waals surface area contributed by atoms with Gasteiger partial charge in [-0.25, -0.2) is 15.0 Å². The van der Waals surface area contributed by atoms with Crippen LogP contribution in [0.1, 0.15) is 13.7 Å². The van der Waals surface area contributed by atoms with Crippen molar-refractivity contribution in [3.8, 4) is 56.4 Å². The predicted molar refractivity (Wildman–Crippen MR) is 229 cm³/mol. The maximum absolute atomic E-state index is 8.81. The molecular formula is C51H34N4O. The molecule has 0 saturated carbocycles. The zero-order valence-electron chi connectivity index (χ0n) is 39.6. The molecule has 0 aliphatic carbocycles. The number of furan rings is 1. The Morgan fingerprint density at radius 2 is 0.911 bits per heavy atom. The first-order valence-electron chi connectivity index (χ1n) is 22.9. The van der Waals surface area contributed by atoms with Gasteiger partial charge in [-0.3, -0.25) is 0 Å². The van der Waals surface area contributed by atoms with Gasteiger partial charge in [-0.2, -0.15) is 0 Å². The number of para-hydroxylation sites is 1. The third kappa shape index (κ3) is 6.17. The lowest BCUT2D eigenvalue weighted by molar-refractivity contribution is 0.669. The minimum Gasteiger partial charge on any atom is -0.454 e. The Kier molecular flexibility index (Phi) is 6.11. The number of fused-ring (bicyclic) bond motifs is 3. The highest BCUT2D eigenvalue weighted by Gasteiger charge is 2.24. The fourth-order valence-corrected chi connectivity index (χ4v) is 6.90. The van der Waals surface area contributed by atoms with Gasteiger partial charge in [-0.1, -0.05) is 164 Å². The van der Waals surface area contributed by atoms with E-state index in [0.29, 0.717) is 44.6 Å². The molecule has 264 valence electrons. The highest BCUT2D eigenvalue weighted by atomic mass is 16.3. The van der Waals surface area contributed by atoms with Crippen molar-refractivity contribution in [2.75, 3.05) is 4.90 Å². The van der Waals surface area contributed by atoms with Gasteiger partial charge in [0, 0.05) is 38.8 Å². The Bertz CT molecular complexity index is 3480. The normalized spacial score (nSPS) is 13.7. The Morgan fingerprint density at radius 1 is 0.411 bits per heavy atom. The lowest BCUT2D eigenvalue weighted by atomic mass is 10.0. The Labute approximate surface area is 338 Å². The maximum Gasteiger partial charge on any atom is 0.164 e. The summed E-state index contributed by atoms with van der Waals surface area (Å²) < 4.78 is 91.4. The summed E-state index contributed by atoms with van der Waals surface area (Å²) in [6.07, 6.45) is 0. The summed E-state index contributed by atoms with van der Waals surface area (Å²) in [5.41, 5.74) is 6.64. The van der Waals surface area contributed by atoms with Crippen molar-refractivity contribution in [2.24, 2.45) is 0 Å². The minimum atomic E-state index is -0.531. The molecule has 2 heterocycles. The van der Waals surface area contributed by atoms with Crippen LogP contribution in [-0.2, 0) is 0 Å². The molecule has 10 aromatic rings. The van der Waals surface area contributed by atoms with Crippen LogP contribution in [0.2, 0.25) is 0 Å². The van der Waals surface area contributed by atoms with E-state index in [-0.39, 0.29) is 40.7 Å². The molecule has 0 radical (unpaired) electrons. The number of aromatic nitrogens is 3. The van der Waals surface area contributed by atoms with Crippen LogP contribution in [-0.4, -0.2) is 15.0 Å². The largest absolute Gasteiger partial charge is 0.454 e. The van der Waals surface area contributed by atoms with Crippen molar-refractivity contribution in [1.82, 2.24) is 15.0 Å². The Balaban J connectivity index is 1.21. The molecule has 0 aliphatic heterocycles. The molecule has 5 nitrogen and oxygen atoms in total. The summed E-state index contributed by atoms with van der Waals surface area (Å²) in [6, 6.07) is 41.3. The van der Waals surface area contributed by atoms with Crippen LogP contribution in [0.4, 0.5) is 17.1 Å². The molecule has 0 unspecified atom stereocenters. The Morgan fingerprint density at radius 3 is 1.55 bits per heavy atom. The third-order valence-electron chi connectivity index (χ3n) is 9.52. The monoisotopic (exact) mass is 728 g/mol. The zero-order valence-corrected chi connectivity index (χ0v) is 29.6. The fourth-order valence-electron chi connectivity index (χ4n) is 6.90. The van der Waals surface area contributed by atoms with Gasteiger partial charge in [0.25, 0.3) is 0 Å². The summed E-state index contributed by atoms with van der Waals surface area (Å²) in [5, 5.41) is 1.38. The number of hydrogen-bond acceptors (Lipinski definition) is 5. The molecule has 0 spiro atoms. The SMILES string of the molecule is [2H]c1c([2H])c([2H])c(-c2ccc(N(c3ccc(-c4ccccc4)cc3)c3ccc(-c4nc(-c5ccccc5)nc(-c5c([2H])c([2H])c([2H])c([2H])c5[2H])n4)c4c3oc3ccccc34)cc2)c([2H])c1[2H]. The van der Waals surface area contributed by atoms with Crippen LogP contribution < -0.4 is 4.90 Å². The summed E-state index contributed by atoms with van der Waals surface area (Å²) in [7, 11) is 0. The molecule has 0 N–H and O–H groups in total. The lowest BCUT2D eigenvalue weighted by Gasteiger charge is -2.26. The number of anilines is 3. The van der Waals surface area contributed by atoms with E-state index >= 15 is 0 Å². The number of rotatable bonds is 8. The van der Waals surface area contributed by atoms with Crippen LogP contribution in [0.5, 0.6) is 0 Å². The molecular weight excluding hydrogens is 685 g/mol. The summed E-state index contributed by atoms with van der Waals surface area (Å²) >= 11 is 0. The van der Waals surface area contributed by atoms with Gasteiger partial charge in [0.2, 0.25) is 0 Å². The van der Waals surface area contributed by atoms with Gasteiger partial charge in [-0.05, 0) is 64.7 Å². The van der Waals surface area contributed by atoms with Gasteiger partial charge in [0.05, 0.1) is 19.4 Å². The van der Waals surface area contributed by atoms with Crippen molar-refractivity contribution in [3.63, 3.8) is 0 Å². The van der Waals surface area contributed by atoms with E-state index in [2.05, 4.69) is 0 Å². The molecule has 0 saturated heterocycles. The van der Waals surface area contributed by atoms with E-state index in [1.54, 1.807) is 12.1 Å². The van der Waals surface area contributed by atoms with Crippen LogP contribution in [0.15, 0.2) is 210 Å². The molecule has 8 aromatic carbocycles. The standard InChI is InChI=1S/C51H34N4O/c1-5-15-35(16-6-1)37-25-29-41(30-26-37)55(42-31-27-38(28-32-42)36-17-7-2-8-18-36)45-34-33-44(47-43-23-13-14-24-46(43)56-48(45)47)51-53-49(39-19-9-3-10-20-39)52-50(54-51)40-21-11-4-12-22-40/h1-34H/i1D,3D,5D,6D,9D,10D,15D,16D,19D,20D. The van der Waals surface area contributed by atoms with E-state index in [4.69, 9.17) is 33.1 Å². The number of nitrogens with zero attached hydrogens (tertiary/aromatic N) is 4. The number of hydrogen-bond donors (Lipinski definition) is 0. The molecule has 0 atom stereocenters. The van der Waals surface area contributed by atoms with Gasteiger partial charge in [0.15, 0.2) is 23.1 Å².